The van der Waals surface area contributed by atoms with Crippen LogP contribution in [0.15, 0.2) is 53.4 Å². The SMILES string of the molecule is COc1ccccc1CCC(=O)Nc1ccc(S(N)(=O)=O)cc1. The van der Waals surface area contributed by atoms with Crippen molar-refractivity contribution in [2.24, 2.45) is 5.14 Å². The van der Waals surface area contributed by atoms with Crippen LogP contribution in [0.3, 0.4) is 0 Å². The second kappa shape index (κ2) is 7.26. The third-order valence-electron chi connectivity index (χ3n) is 3.28. The standard InChI is InChI=1S/C16H18N2O4S/c1-22-15-5-3-2-4-12(15)6-11-16(19)18-13-7-9-14(10-8-13)23(17,20)21/h2-5,7-10H,6,11H2,1H3,(H,18,19)(H2,17,20,21). The Morgan fingerprint density at radius 1 is 1.13 bits per heavy atom. The molecule has 0 unspecified atom stereocenters. The molecule has 0 aliphatic rings. The van der Waals surface area contributed by atoms with E-state index in [1.807, 2.05) is 24.3 Å². The van der Waals surface area contributed by atoms with E-state index in [9.17, 15) is 13.2 Å². The van der Waals surface area contributed by atoms with Gasteiger partial charge in [0.05, 0.1) is 12.0 Å². The summed E-state index contributed by atoms with van der Waals surface area (Å²) in [5.41, 5.74) is 1.47. The maximum absolute atomic E-state index is 12.0. The number of carbonyl (C=O) groups excluding carboxylic acids is 1. The van der Waals surface area contributed by atoms with Crippen LogP contribution in [-0.2, 0) is 21.2 Å². The first-order valence-corrected chi connectivity index (χ1v) is 8.49. The quantitative estimate of drug-likeness (QED) is 0.843. The molecule has 0 saturated heterocycles. The Balaban J connectivity index is 1.95. The number of aryl methyl sites for hydroxylation is 1. The van der Waals surface area contributed by atoms with Gasteiger partial charge in [0, 0.05) is 12.1 Å². The lowest BCUT2D eigenvalue weighted by molar-refractivity contribution is -0.116. The predicted octanol–water partition coefficient (Wildman–Crippen LogP) is 1.91. The van der Waals surface area contributed by atoms with Gasteiger partial charge >= 0.3 is 0 Å². The first kappa shape index (κ1) is 17.0. The van der Waals surface area contributed by atoms with Crippen molar-refractivity contribution in [2.75, 3.05) is 12.4 Å². The van der Waals surface area contributed by atoms with E-state index in [4.69, 9.17) is 9.88 Å². The largest absolute Gasteiger partial charge is 0.496 e. The molecule has 1 amide bonds. The summed E-state index contributed by atoms with van der Waals surface area (Å²) in [4.78, 5) is 12.0. The number of para-hydroxylation sites is 1. The van der Waals surface area contributed by atoms with Crippen LogP contribution in [0.1, 0.15) is 12.0 Å². The van der Waals surface area contributed by atoms with Gasteiger partial charge in [-0.15, -0.1) is 0 Å². The van der Waals surface area contributed by atoms with Gasteiger partial charge in [-0.25, -0.2) is 13.6 Å². The summed E-state index contributed by atoms with van der Waals surface area (Å²) in [5, 5.41) is 7.73. The third kappa shape index (κ3) is 4.80. The summed E-state index contributed by atoms with van der Waals surface area (Å²) in [6.45, 7) is 0. The molecule has 0 aromatic heterocycles. The van der Waals surface area contributed by atoms with Crippen molar-refractivity contribution >= 4 is 21.6 Å². The summed E-state index contributed by atoms with van der Waals surface area (Å²) < 4.78 is 27.6. The van der Waals surface area contributed by atoms with Crippen molar-refractivity contribution in [3.63, 3.8) is 0 Å². The lowest BCUT2D eigenvalue weighted by atomic mass is 10.1. The van der Waals surface area contributed by atoms with E-state index in [0.717, 1.165) is 11.3 Å². The zero-order chi connectivity index (χ0) is 16.9. The Hall–Kier alpha value is -2.38. The summed E-state index contributed by atoms with van der Waals surface area (Å²) in [7, 11) is -2.14. The van der Waals surface area contributed by atoms with Gasteiger partial charge in [0.1, 0.15) is 5.75 Å². The van der Waals surface area contributed by atoms with E-state index in [0.29, 0.717) is 12.1 Å². The molecule has 0 aliphatic carbocycles. The number of benzene rings is 2. The number of rotatable bonds is 6. The molecule has 0 fully saturated rings. The fourth-order valence-electron chi connectivity index (χ4n) is 2.11. The summed E-state index contributed by atoms with van der Waals surface area (Å²) in [5.74, 6) is 0.581. The highest BCUT2D eigenvalue weighted by atomic mass is 32.2. The Morgan fingerprint density at radius 3 is 2.39 bits per heavy atom. The van der Waals surface area contributed by atoms with E-state index in [1.54, 1.807) is 7.11 Å². The molecular weight excluding hydrogens is 316 g/mol. The van der Waals surface area contributed by atoms with E-state index >= 15 is 0 Å². The topological polar surface area (TPSA) is 98.5 Å². The average molecular weight is 334 g/mol. The lowest BCUT2D eigenvalue weighted by Gasteiger charge is -2.09. The fraction of sp³-hybridized carbons (Fsp3) is 0.188. The van der Waals surface area contributed by atoms with Crippen LogP contribution >= 0.6 is 0 Å². The number of methoxy groups -OCH3 is 1. The number of carbonyl (C=O) groups is 1. The molecule has 6 nitrogen and oxygen atoms in total. The molecule has 2 aromatic rings. The van der Waals surface area contributed by atoms with Gasteiger partial charge in [-0.05, 0) is 42.3 Å². The number of amides is 1. The van der Waals surface area contributed by atoms with E-state index in [-0.39, 0.29) is 17.2 Å². The van der Waals surface area contributed by atoms with Crippen molar-refractivity contribution in [1.29, 1.82) is 0 Å². The second-order valence-electron chi connectivity index (χ2n) is 4.93. The molecule has 2 aromatic carbocycles. The van der Waals surface area contributed by atoms with Crippen molar-refractivity contribution in [3.8, 4) is 5.75 Å². The smallest absolute Gasteiger partial charge is 0.238 e. The van der Waals surface area contributed by atoms with Crippen LogP contribution < -0.4 is 15.2 Å². The highest BCUT2D eigenvalue weighted by Gasteiger charge is 2.09. The van der Waals surface area contributed by atoms with E-state index < -0.39 is 10.0 Å². The Morgan fingerprint density at radius 2 is 1.78 bits per heavy atom. The molecule has 122 valence electrons. The van der Waals surface area contributed by atoms with Gasteiger partial charge < -0.3 is 10.1 Å². The van der Waals surface area contributed by atoms with Gasteiger partial charge in [0.2, 0.25) is 15.9 Å². The first-order valence-electron chi connectivity index (χ1n) is 6.95. The first-order chi connectivity index (χ1) is 10.9. The maximum atomic E-state index is 12.0. The maximum Gasteiger partial charge on any atom is 0.238 e. The molecule has 0 radical (unpaired) electrons. The predicted molar refractivity (Wildman–Crippen MR) is 87.8 cm³/mol. The van der Waals surface area contributed by atoms with Gasteiger partial charge in [0.25, 0.3) is 0 Å². The Bertz CT molecular complexity index is 786. The van der Waals surface area contributed by atoms with Gasteiger partial charge in [0.15, 0.2) is 0 Å². The van der Waals surface area contributed by atoms with Crippen molar-refractivity contribution < 1.29 is 17.9 Å². The van der Waals surface area contributed by atoms with Crippen LogP contribution in [0, 0.1) is 0 Å². The second-order valence-corrected chi connectivity index (χ2v) is 6.49. The summed E-state index contributed by atoms with van der Waals surface area (Å²) >= 11 is 0. The van der Waals surface area contributed by atoms with Crippen LogP contribution in [0.2, 0.25) is 0 Å². The highest BCUT2D eigenvalue weighted by molar-refractivity contribution is 7.89. The molecule has 0 bridgehead atoms. The number of nitrogens with one attached hydrogen (secondary N) is 1. The van der Waals surface area contributed by atoms with Crippen LogP contribution in [0.5, 0.6) is 5.75 Å². The number of hydrogen-bond donors (Lipinski definition) is 2. The minimum atomic E-state index is -3.73. The number of primary sulfonamides is 1. The molecule has 3 N–H and O–H groups in total. The summed E-state index contributed by atoms with van der Waals surface area (Å²) in [6.07, 6.45) is 0.836. The van der Waals surface area contributed by atoms with Crippen LogP contribution in [-0.4, -0.2) is 21.4 Å². The van der Waals surface area contributed by atoms with Crippen molar-refractivity contribution in [3.05, 3.63) is 54.1 Å². The molecule has 0 saturated carbocycles. The molecule has 23 heavy (non-hydrogen) atoms. The molecule has 2 rings (SSSR count). The normalized spacial score (nSPS) is 11.0. The molecule has 0 atom stereocenters. The van der Waals surface area contributed by atoms with Gasteiger partial charge in [-0.2, -0.15) is 0 Å². The monoisotopic (exact) mass is 334 g/mol. The zero-order valence-electron chi connectivity index (χ0n) is 12.7. The molecule has 0 heterocycles. The highest BCUT2D eigenvalue weighted by Crippen LogP contribution is 2.19. The van der Waals surface area contributed by atoms with Gasteiger partial charge in [-0.3, -0.25) is 4.79 Å². The van der Waals surface area contributed by atoms with E-state index in [1.165, 1.54) is 24.3 Å². The minimum absolute atomic E-state index is 0.00419. The van der Waals surface area contributed by atoms with Crippen molar-refractivity contribution in [1.82, 2.24) is 0 Å². The van der Waals surface area contributed by atoms with E-state index in [2.05, 4.69) is 5.32 Å². The molecular formula is C16H18N2O4S. The molecule has 0 spiro atoms. The third-order valence-corrected chi connectivity index (χ3v) is 4.21. The Labute approximate surface area is 135 Å². The van der Waals surface area contributed by atoms with Crippen molar-refractivity contribution in [2.45, 2.75) is 17.7 Å². The summed E-state index contributed by atoms with van der Waals surface area (Å²) in [6, 6.07) is 13.2. The van der Waals surface area contributed by atoms with Crippen LogP contribution in [0.25, 0.3) is 0 Å². The molecule has 0 aliphatic heterocycles. The lowest BCUT2D eigenvalue weighted by Crippen LogP contribution is -2.14. The number of sulfonamides is 1. The molecule has 7 heteroatoms. The zero-order valence-corrected chi connectivity index (χ0v) is 13.5. The Kier molecular flexibility index (Phi) is 5.36. The fourth-order valence-corrected chi connectivity index (χ4v) is 2.62. The van der Waals surface area contributed by atoms with Crippen LogP contribution in [0.4, 0.5) is 5.69 Å². The van der Waals surface area contributed by atoms with Gasteiger partial charge in [-0.1, -0.05) is 18.2 Å². The minimum Gasteiger partial charge on any atom is -0.496 e. The number of hydrogen-bond acceptors (Lipinski definition) is 4. The average Bonchev–Trinajstić information content (AvgIpc) is 2.53. The number of ether oxygens (including phenoxy) is 1. The number of anilines is 1. The number of nitrogens with two attached hydrogens (primary N) is 1.